The highest BCUT2D eigenvalue weighted by molar-refractivity contribution is 7.89. The van der Waals surface area contributed by atoms with Gasteiger partial charge in [-0.05, 0) is 75.4 Å². The first-order chi connectivity index (χ1) is 14.7. The lowest BCUT2D eigenvalue weighted by molar-refractivity contribution is -0.132. The largest absolute Gasteiger partial charge is 0.494 e. The number of aryl methyl sites for hydroxylation is 3. The number of benzene rings is 2. The van der Waals surface area contributed by atoms with Crippen molar-refractivity contribution in [1.29, 1.82) is 0 Å². The van der Waals surface area contributed by atoms with Crippen LogP contribution in [-0.2, 0) is 14.8 Å². The van der Waals surface area contributed by atoms with E-state index in [4.69, 9.17) is 4.74 Å². The van der Waals surface area contributed by atoms with Crippen LogP contribution in [0, 0.1) is 20.8 Å². The van der Waals surface area contributed by atoms with Gasteiger partial charge < -0.3 is 9.64 Å². The predicted octanol–water partition coefficient (Wildman–Crippen LogP) is 3.74. The Hall–Kier alpha value is -2.38. The Balaban J connectivity index is 1.40. The van der Waals surface area contributed by atoms with Gasteiger partial charge in [-0.1, -0.05) is 23.8 Å². The Bertz CT molecular complexity index is 995. The Labute approximate surface area is 185 Å². The molecular formula is C24H32N2O4S. The van der Waals surface area contributed by atoms with Crippen molar-refractivity contribution >= 4 is 15.9 Å². The number of sulfonamides is 1. The molecule has 1 N–H and O–H groups in total. The van der Waals surface area contributed by atoms with Gasteiger partial charge in [-0.3, -0.25) is 4.79 Å². The minimum atomic E-state index is -3.55. The summed E-state index contributed by atoms with van der Waals surface area (Å²) >= 11 is 0. The maximum absolute atomic E-state index is 12.7. The van der Waals surface area contributed by atoms with Gasteiger partial charge in [-0.15, -0.1) is 0 Å². The third-order valence-corrected chi connectivity index (χ3v) is 7.30. The first-order valence-electron chi connectivity index (χ1n) is 10.8. The molecule has 0 aliphatic carbocycles. The molecule has 0 radical (unpaired) electrons. The van der Waals surface area contributed by atoms with Crippen molar-refractivity contribution < 1.29 is 17.9 Å². The highest BCUT2D eigenvalue weighted by atomic mass is 32.2. The molecule has 6 nitrogen and oxygen atoms in total. The first kappa shape index (κ1) is 23.3. The summed E-state index contributed by atoms with van der Waals surface area (Å²) in [5, 5.41) is 0. The van der Waals surface area contributed by atoms with Gasteiger partial charge in [0.15, 0.2) is 0 Å². The second-order valence-corrected chi connectivity index (χ2v) is 10.0. The van der Waals surface area contributed by atoms with E-state index < -0.39 is 10.0 Å². The summed E-state index contributed by atoms with van der Waals surface area (Å²) in [7, 11) is -3.55. The molecule has 7 heteroatoms. The minimum Gasteiger partial charge on any atom is -0.494 e. The molecule has 1 amide bonds. The van der Waals surface area contributed by atoms with E-state index in [0.29, 0.717) is 50.3 Å². The highest BCUT2D eigenvalue weighted by Crippen LogP contribution is 2.18. The van der Waals surface area contributed by atoms with Crippen molar-refractivity contribution in [3.63, 3.8) is 0 Å². The molecule has 0 bridgehead atoms. The van der Waals surface area contributed by atoms with Crippen LogP contribution >= 0.6 is 0 Å². The number of amides is 1. The molecule has 0 spiro atoms. The van der Waals surface area contributed by atoms with Crippen LogP contribution in [0.1, 0.15) is 42.4 Å². The molecule has 1 aliphatic heterocycles. The van der Waals surface area contributed by atoms with Gasteiger partial charge in [-0.2, -0.15) is 0 Å². The molecule has 1 heterocycles. The first-order valence-corrected chi connectivity index (χ1v) is 12.3. The number of nitrogens with one attached hydrogen (secondary N) is 1. The van der Waals surface area contributed by atoms with Crippen LogP contribution in [0.2, 0.25) is 0 Å². The topological polar surface area (TPSA) is 75.7 Å². The van der Waals surface area contributed by atoms with Crippen molar-refractivity contribution in [1.82, 2.24) is 9.62 Å². The molecule has 3 rings (SSSR count). The second kappa shape index (κ2) is 10.3. The van der Waals surface area contributed by atoms with E-state index in [9.17, 15) is 13.2 Å². The van der Waals surface area contributed by atoms with E-state index in [2.05, 4.69) is 4.72 Å². The van der Waals surface area contributed by atoms with Gasteiger partial charge in [0.1, 0.15) is 5.75 Å². The fourth-order valence-corrected chi connectivity index (χ4v) is 5.01. The van der Waals surface area contributed by atoms with Crippen LogP contribution in [0.4, 0.5) is 0 Å². The lowest BCUT2D eigenvalue weighted by Gasteiger charge is -2.32. The van der Waals surface area contributed by atoms with E-state index >= 15 is 0 Å². The number of carbonyl (C=O) groups is 1. The SMILES string of the molecule is Cc1ccc(OCCCC(=O)N2CCC(NS(=O)(=O)c3ccc(C)c(C)c3)CC2)cc1. The van der Waals surface area contributed by atoms with Gasteiger partial charge in [0.05, 0.1) is 11.5 Å². The monoisotopic (exact) mass is 444 g/mol. The highest BCUT2D eigenvalue weighted by Gasteiger charge is 2.26. The van der Waals surface area contributed by atoms with E-state index in [0.717, 1.165) is 16.9 Å². The zero-order valence-electron chi connectivity index (χ0n) is 18.6. The number of rotatable bonds is 8. The Morgan fingerprint density at radius 2 is 1.71 bits per heavy atom. The van der Waals surface area contributed by atoms with Crippen LogP contribution in [0.5, 0.6) is 5.75 Å². The molecule has 1 saturated heterocycles. The van der Waals surface area contributed by atoms with Crippen molar-refractivity contribution in [2.45, 2.75) is 57.4 Å². The molecule has 168 valence electrons. The van der Waals surface area contributed by atoms with Crippen LogP contribution in [0.15, 0.2) is 47.4 Å². The van der Waals surface area contributed by atoms with Crippen LogP contribution in [0.25, 0.3) is 0 Å². The summed E-state index contributed by atoms with van der Waals surface area (Å²) in [5.41, 5.74) is 3.20. The Morgan fingerprint density at radius 3 is 2.35 bits per heavy atom. The molecule has 2 aromatic rings. The maximum atomic E-state index is 12.7. The fourth-order valence-electron chi connectivity index (χ4n) is 3.62. The summed E-state index contributed by atoms with van der Waals surface area (Å²) in [6.07, 6.45) is 2.34. The summed E-state index contributed by atoms with van der Waals surface area (Å²) in [6.45, 7) is 7.53. The van der Waals surface area contributed by atoms with E-state index in [1.807, 2.05) is 56.0 Å². The van der Waals surface area contributed by atoms with Crippen molar-refractivity contribution in [2.24, 2.45) is 0 Å². The maximum Gasteiger partial charge on any atom is 0.240 e. The predicted molar refractivity (Wildman–Crippen MR) is 122 cm³/mol. The lowest BCUT2D eigenvalue weighted by atomic mass is 10.1. The molecule has 1 aliphatic rings. The zero-order chi connectivity index (χ0) is 22.4. The molecule has 0 atom stereocenters. The minimum absolute atomic E-state index is 0.1000. The number of nitrogens with zero attached hydrogens (tertiary/aromatic N) is 1. The van der Waals surface area contributed by atoms with Gasteiger partial charge in [0.25, 0.3) is 0 Å². The normalized spacial score (nSPS) is 15.1. The third kappa shape index (κ3) is 6.55. The standard InChI is InChI=1S/C24H32N2O4S/c1-18-6-9-22(10-7-18)30-16-4-5-24(27)26-14-12-21(13-15-26)25-31(28,29)23-11-8-19(2)20(3)17-23/h6-11,17,21,25H,4-5,12-16H2,1-3H3. The number of ether oxygens (including phenoxy) is 1. The van der Waals surface area contributed by atoms with Crippen LogP contribution < -0.4 is 9.46 Å². The quantitative estimate of drug-likeness (QED) is 0.630. The summed E-state index contributed by atoms with van der Waals surface area (Å²) in [4.78, 5) is 14.6. The third-order valence-electron chi connectivity index (χ3n) is 5.78. The van der Waals surface area contributed by atoms with E-state index in [1.165, 1.54) is 5.56 Å². The summed E-state index contributed by atoms with van der Waals surface area (Å²) < 4.78 is 33.9. The van der Waals surface area contributed by atoms with Crippen LogP contribution in [0.3, 0.4) is 0 Å². The molecule has 31 heavy (non-hydrogen) atoms. The molecule has 0 aromatic heterocycles. The number of carbonyl (C=O) groups excluding carboxylic acids is 1. The molecule has 2 aromatic carbocycles. The fraction of sp³-hybridized carbons (Fsp3) is 0.458. The molecule has 1 fully saturated rings. The summed E-state index contributed by atoms with van der Waals surface area (Å²) in [5.74, 6) is 0.915. The number of hydrogen-bond acceptors (Lipinski definition) is 4. The number of piperidine rings is 1. The zero-order valence-corrected chi connectivity index (χ0v) is 19.4. The van der Waals surface area contributed by atoms with E-state index in [1.54, 1.807) is 12.1 Å². The van der Waals surface area contributed by atoms with Crippen molar-refractivity contribution in [2.75, 3.05) is 19.7 Å². The molecule has 0 saturated carbocycles. The lowest BCUT2D eigenvalue weighted by Crippen LogP contribution is -2.46. The van der Waals surface area contributed by atoms with Gasteiger partial charge in [-0.25, -0.2) is 13.1 Å². The average molecular weight is 445 g/mol. The van der Waals surface area contributed by atoms with E-state index in [-0.39, 0.29) is 11.9 Å². The number of likely N-dealkylation sites (tertiary alicyclic amines) is 1. The van der Waals surface area contributed by atoms with Crippen LogP contribution in [-0.4, -0.2) is 45.0 Å². The number of hydrogen-bond donors (Lipinski definition) is 1. The smallest absolute Gasteiger partial charge is 0.240 e. The Kier molecular flexibility index (Phi) is 7.73. The van der Waals surface area contributed by atoms with Crippen molar-refractivity contribution in [3.8, 4) is 5.75 Å². The average Bonchev–Trinajstić information content (AvgIpc) is 2.74. The van der Waals surface area contributed by atoms with Gasteiger partial charge in [0.2, 0.25) is 15.9 Å². The summed E-state index contributed by atoms with van der Waals surface area (Å²) in [6, 6.07) is 12.9. The Morgan fingerprint density at radius 1 is 1.03 bits per heavy atom. The van der Waals surface area contributed by atoms with Gasteiger partial charge in [0, 0.05) is 25.6 Å². The molecule has 0 unspecified atom stereocenters. The molecular weight excluding hydrogens is 412 g/mol. The second-order valence-electron chi connectivity index (χ2n) is 8.29. The van der Waals surface area contributed by atoms with Gasteiger partial charge >= 0.3 is 0 Å². The van der Waals surface area contributed by atoms with Crippen molar-refractivity contribution in [3.05, 3.63) is 59.2 Å².